The molecule has 3 N–H and O–H groups in total. The number of urea groups is 1. The van der Waals surface area contributed by atoms with Crippen molar-refractivity contribution in [2.75, 3.05) is 23.8 Å². The molecule has 4 aromatic rings. The Hall–Kier alpha value is -3.95. The topological polar surface area (TPSA) is 111 Å². The number of hydrogen-bond donors (Lipinski definition) is 3. The Morgan fingerprint density at radius 1 is 0.912 bits per heavy atom. The number of furan rings is 1. The van der Waals surface area contributed by atoms with Crippen LogP contribution >= 0.6 is 0 Å². The van der Waals surface area contributed by atoms with Gasteiger partial charge in [0.15, 0.2) is 5.76 Å². The number of carbonyl (C=O) groups excluding carboxylic acids is 1. The SMILES string of the molecule is O=C(Nc1cccc2ccccc12)N[C@H]1CO[C@H]2[C@@H]1OC[C@@H]2Nc1nccc(-c2ccco2)n1. The molecule has 2 aliphatic heterocycles. The highest BCUT2D eigenvalue weighted by Crippen LogP contribution is 2.29. The van der Waals surface area contributed by atoms with Crippen molar-refractivity contribution in [1.29, 1.82) is 0 Å². The molecule has 0 spiro atoms. The van der Waals surface area contributed by atoms with E-state index in [1.165, 1.54) is 0 Å². The van der Waals surface area contributed by atoms with Crippen LogP contribution in [-0.4, -0.2) is 53.5 Å². The van der Waals surface area contributed by atoms with Crippen molar-refractivity contribution < 1.29 is 18.7 Å². The summed E-state index contributed by atoms with van der Waals surface area (Å²) in [5.74, 6) is 1.14. The molecular formula is C25H23N5O4. The van der Waals surface area contributed by atoms with Gasteiger partial charge in [-0.1, -0.05) is 36.4 Å². The number of amides is 2. The smallest absolute Gasteiger partial charge is 0.319 e. The van der Waals surface area contributed by atoms with Crippen LogP contribution in [0, 0.1) is 0 Å². The van der Waals surface area contributed by atoms with E-state index in [4.69, 9.17) is 13.9 Å². The number of anilines is 2. The minimum Gasteiger partial charge on any atom is -0.463 e. The maximum atomic E-state index is 12.7. The summed E-state index contributed by atoms with van der Waals surface area (Å²) in [5, 5.41) is 11.3. The molecule has 4 atom stereocenters. The van der Waals surface area contributed by atoms with Gasteiger partial charge in [-0.15, -0.1) is 0 Å². The average molecular weight is 457 g/mol. The Morgan fingerprint density at radius 2 is 1.74 bits per heavy atom. The molecular weight excluding hydrogens is 434 g/mol. The van der Waals surface area contributed by atoms with Gasteiger partial charge >= 0.3 is 6.03 Å². The Labute approximate surface area is 195 Å². The molecule has 2 aromatic carbocycles. The molecule has 172 valence electrons. The second kappa shape index (κ2) is 8.77. The second-order valence-corrected chi connectivity index (χ2v) is 8.32. The molecule has 0 saturated carbocycles. The molecule has 0 bridgehead atoms. The van der Waals surface area contributed by atoms with Gasteiger partial charge in [0.2, 0.25) is 5.95 Å². The number of rotatable bonds is 5. The van der Waals surface area contributed by atoms with Gasteiger partial charge < -0.3 is 29.8 Å². The summed E-state index contributed by atoms with van der Waals surface area (Å²) in [5.41, 5.74) is 1.45. The molecule has 34 heavy (non-hydrogen) atoms. The third kappa shape index (κ3) is 3.95. The molecule has 2 fully saturated rings. The minimum atomic E-state index is -0.292. The van der Waals surface area contributed by atoms with E-state index in [9.17, 15) is 4.79 Å². The van der Waals surface area contributed by atoms with Crippen molar-refractivity contribution in [2.45, 2.75) is 24.3 Å². The van der Waals surface area contributed by atoms with E-state index in [1.54, 1.807) is 18.5 Å². The predicted octanol–water partition coefficient (Wildman–Crippen LogP) is 3.66. The quantitative estimate of drug-likeness (QED) is 0.419. The van der Waals surface area contributed by atoms with Crippen molar-refractivity contribution >= 4 is 28.4 Å². The third-order valence-electron chi connectivity index (χ3n) is 6.15. The Balaban J connectivity index is 1.09. The predicted molar refractivity (Wildman–Crippen MR) is 127 cm³/mol. The van der Waals surface area contributed by atoms with E-state index in [-0.39, 0.29) is 30.3 Å². The first-order chi connectivity index (χ1) is 16.7. The highest BCUT2D eigenvalue weighted by atomic mass is 16.6. The molecule has 2 aromatic heterocycles. The second-order valence-electron chi connectivity index (χ2n) is 8.32. The molecule has 0 radical (unpaired) electrons. The van der Waals surface area contributed by atoms with Gasteiger partial charge in [0.1, 0.15) is 17.9 Å². The van der Waals surface area contributed by atoms with E-state index in [2.05, 4.69) is 25.9 Å². The van der Waals surface area contributed by atoms with Gasteiger partial charge in [0.05, 0.1) is 37.2 Å². The molecule has 9 nitrogen and oxygen atoms in total. The standard InChI is InChI=1S/C25H23N5O4/c31-25(29-17-8-3-6-15-5-1-2-7-16(15)17)30-20-14-34-22-19(13-33-23(20)22)28-24-26-11-10-18(27-24)21-9-4-12-32-21/h1-12,19-20,22-23H,13-14H2,(H,26,27,28)(H2,29,30,31)/t19-,20-,22+,23+/m0/s1. The molecule has 0 unspecified atom stereocenters. The van der Waals surface area contributed by atoms with Gasteiger partial charge in [-0.2, -0.15) is 0 Å². The Kier molecular flexibility index (Phi) is 5.32. The van der Waals surface area contributed by atoms with E-state index in [0.717, 1.165) is 16.5 Å². The van der Waals surface area contributed by atoms with E-state index in [0.29, 0.717) is 30.6 Å². The van der Waals surface area contributed by atoms with Crippen LogP contribution in [0.25, 0.3) is 22.2 Å². The molecule has 2 amide bonds. The van der Waals surface area contributed by atoms with Crippen molar-refractivity contribution in [3.05, 3.63) is 73.1 Å². The van der Waals surface area contributed by atoms with Crippen molar-refractivity contribution in [3.63, 3.8) is 0 Å². The minimum absolute atomic E-state index is 0.134. The summed E-state index contributed by atoms with van der Waals surface area (Å²) in [6.45, 7) is 0.788. The van der Waals surface area contributed by atoms with Crippen molar-refractivity contribution in [2.24, 2.45) is 0 Å². The van der Waals surface area contributed by atoms with Gasteiger partial charge in [-0.05, 0) is 29.7 Å². The number of fused-ring (bicyclic) bond motifs is 2. The van der Waals surface area contributed by atoms with E-state index >= 15 is 0 Å². The number of nitrogens with zero attached hydrogens (tertiary/aromatic N) is 2. The Morgan fingerprint density at radius 3 is 2.62 bits per heavy atom. The number of benzene rings is 2. The lowest BCUT2D eigenvalue weighted by Gasteiger charge is -2.19. The zero-order valence-electron chi connectivity index (χ0n) is 18.2. The lowest BCUT2D eigenvalue weighted by Crippen LogP contribution is -2.46. The normalized spacial score (nSPS) is 23.5. The Bertz CT molecular complexity index is 1310. The summed E-state index contributed by atoms with van der Waals surface area (Å²) < 4.78 is 17.4. The molecule has 2 saturated heterocycles. The highest BCUT2D eigenvalue weighted by molar-refractivity contribution is 6.01. The van der Waals surface area contributed by atoms with Crippen LogP contribution < -0.4 is 16.0 Å². The fraction of sp³-hybridized carbons (Fsp3) is 0.240. The third-order valence-corrected chi connectivity index (χ3v) is 6.15. The first-order valence-electron chi connectivity index (χ1n) is 11.2. The van der Waals surface area contributed by atoms with Gasteiger partial charge in [0.25, 0.3) is 0 Å². The maximum absolute atomic E-state index is 12.7. The first-order valence-corrected chi connectivity index (χ1v) is 11.2. The number of carbonyl (C=O) groups is 1. The summed E-state index contributed by atoms with van der Waals surface area (Å²) in [6.07, 6.45) is 2.80. The van der Waals surface area contributed by atoms with Crippen LogP contribution in [0.2, 0.25) is 0 Å². The zero-order valence-corrected chi connectivity index (χ0v) is 18.2. The van der Waals surface area contributed by atoms with Crippen LogP contribution in [0.15, 0.2) is 77.5 Å². The number of hydrogen-bond acceptors (Lipinski definition) is 7. The molecule has 4 heterocycles. The number of aromatic nitrogens is 2. The monoisotopic (exact) mass is 457 g/mol. The van der Waals surface area contributed by atoms with E-state index < -0.39 is 0 Å². The van der Waals surface area contributed by atoms with Gasteiger partial charge in [-0.25, -0.2) is 14.8 Å². The van der Waals surface area contributed by atoms with Crippen LogP contribution in [0.3, 0.4) is 0 Å². The summed E-state index contributed by atoms with van der Waals surface area (Å²) in [4.78, 5) is 21.6. The van der Waals surface area contributed by atoms with E-state index in [1.807, 2.05) is 54.6 Å². The van der Waals surface area contributed by atoms with Crippen molar-refractivity contribution in [1.82, 2.24) is 15.3 Å². The molecule has 0 aliphatic carbocycles. The lowest BCUT2D eigenvalue weighted by molar-refractivity contribution is 0.0683. The fourth-order valence-electron chi connectivity index (χ4n) is 4.56. The molecule has 2 aliphatic rings. The number of ether oxygens (including phenoxy) is 2. The van der Waals surface area contributed by atoms with Crippen LogP contribution in [-0.2, 0) is 9.47 Å². The summed E-state index contributed by atoms with van der Waals surface area (Å²) in [7, 11) is 0. The zero-order chi connectivity index (χ0) is 22.9. The van der Waals surface area contributed by atoms with Crippen LogP contribution in [0.5, 0.6) is 0 Å². The molecule has 9 heteroatoms. The van der Waals surface area contributed by atoms with Crippen molar-refractivity contribution in [3.8, 4) is 11.5 Å². The fourth-order valence-corrected chi connectivity index (χ4v) is 4.56. The molecule has 6 rings (SSSR count). The largest absolute Gasteiger partial charge is 0.463 e. The maximum Gasteiger partial charge on any atom is 0.319 e. The summed E-state index contributed by atoms with van der Waals surface area (Å²) in [6, 6.07) is 18.5. The van der Waals surface area contributed by atoms with Crippen LogP contribution in [0.4, 0.5) is 16.4 Å². The lowest BCUT2D eigenvalue weighted by atomic mass is 10.1. The highest BCUT2D eigenvalue weighted by Gasteiger charge is 2.48. The summed E-state index contributed by atoms with van der Waals surface area (Å²) >= 11 is 0. The van der Waals surface area contributed by atoms with Gasteiger partial charge in [-0.3, -0.25) is 0 Å². The van der Waals surface area contributed by atoms with Gasteiger partial charge in [0, 0.05) is 11.6 Å². The number of nitrogens with one attached hydrogen (secondary N) is 3. The average Bonchev–Trinajstić information content (AvgIpc) is 3.60. The first kappa shape index (κ1) is 20.6. The van der Waals surface area contributed by atoms with Crippen LogP contribution in [0.1, 0.15) is 0 Å².